The average Bonchev–Trinajstić information content (AvgIpc) is 2.59. The summed E-state index contributed by atoms with van der Waals surface area (Å²) < 4.78 is 26.9. The predicted molar refractivity (Wildman–Crippen MR) is 101 cm³/mol. The van der Waals surface area contributed by atoms with E-state index >= 15 is 0 Å². The Morgan fingerprint density at radius 2 is 1.68 bits per heavy atom. The molecule has 1 N–H and O–H groups in total. The van der Waals surface area contributed by atoms with Gasteiger partial charge >= 0.3 is 0 Å². The van der Waals surface area contributed by atoms with Crippen molar-refractivity contribution in [1.29, 1.82) is 0 Å². The van der Waals surface area contributed by atoms with E-state index in [4.69, 9.17) is 0 Å². The molecule has 0 bridgehead atoms. The second kappa shape index (κ2) is 8.78. The lowest BCUT2D eigenvalue weighted by Crippen LogP contribution is -2.38. The lowest BCUT2D eigenvalue weighted by Gasteiger charge is -2.23. The highest BCUT2D eigenvalue weighted by molar-refractivity contribution is 7.89. The summed E-state index contributed by atoms with van der Waals surface area (Å²) >= 11 is 0. The van der Waals surface area contributed by atoms with Crippen molar-refractivity contribution < 1.29 is 13.2 Å². The van der Waals surface area contributed by atoms with Crippen molar-refractivity contribution >= 4 is 21.6 Å². The minimum atomic E-state index is -3.38. The van der Waals surface area contributed by atoms with E-state index in [2.05, 4.69) is 4.72 Å². The summed E-state index contributed by atoms with van der Waals surface area (Å²) in [4.78, 5) is 13.5. The monoisotopic (exact) mass is 360 g/mol. The Balaban J connectivity index is 1.90. The molecular formula is C19H24N2O3S. The maximum atomic E-state index is 12.1. The average molecular weight is 360 g/mol. The van der Waals surface area contributed by atoms with E-state index in [0.29, 0.717) is 13.0 Å². The van der Waals surface area contributed by atoms with Crippen LogP contribution in [0.15, 0.2) is 54.6 Å². The number of carbonyl (C=O) groups excluding carboxylic acids is 1. The van der Waals surface area contributed by atoms with Crippen molar-refractivity contribution in [3.8, 4) is 0 Å². The minimum Gasteiger partial charge on any atom is -0.311 e. The molecule has 6 heteroatoms. The quantitative estimate of drug-likeness (QED) is 0.787. The number of benzene rings is 2. The van der Waals surface area contributed by atoms with Crippen LogP contribution in [0.2, 0.25) is 0 Å². The molecule has 0 heterocycles. The molecule has 0 saturated heterocycles. The van der Waals surface area contributed by atoms with Gasteiger partial charge in [-0.2, -0.15) is 0 Å². The normalized spacial score (nSPS) is 11.3. The number of hydrogen-bond acceptors (Lipinski definition) is 3. The van der Waals surface area contributed by atoms with Gasteiger partial charge in [-0.3, -0.25) is 4.79 Å². The number of anilines is 1. The molecule has 1 amide bonds. The predicted octanol–water partition coefficient (Wildman–Crippen LogP) is 2.51. The summed E-state index contributed by atoms with van der Waals surface area (Å²) in [5.41, 5.74) is 2.77. The van der Waals surface area contributed by atoms with Crippen molar-refractivity contribution in [1.82, 2.24) is 4.72 Å². The molecule has 0 aliphatic heterocycles. The topological polar surface area (TPSA) is 66.5 Å². The SMILES string of the molecule is CC(=O)N(CCNS(=O)(=O)CCc1ccccc1)c1ccccc1C. The summed E-state index contributed by atoms with van der Waals surface area (Å²) in [6, 6.07) is 17.1. The molecule has 2 aromatic rings. The van der Waals surface area contributed by atoms with Crippen molar-refractivity contribution in [3.05, 3.63) is 65.7 Å². The molecule has 2 rings (SSSR count). The maximum absolute atomic E-state index is 12.1. The highest BCUT2D eigenvalue weighted by atomic mass is 32.2. The van der Waals surface area contributed by atoms with E-state index in [1.165, 1.54) is 6.92 Å². The number of rotatable bonds is 8. The molecule has 134 valence electrons. The number of nitrogens with one attached hydrogen (secondary N) is 1. The molecule has 0 spiro atoms. The summed E-state index contributed by atoms with van der Waals surface area (Å²) in [5.74, 6) is -0.0839. The number of amides is 1. The Kier molecular flexibility index (Phi) is 6.73. The second-order valence-corrected chi connectivity index (χ2v) is 7.83. The molecule has 0 radical (unpaired) electrons. The molecule has 2 aromatic carbocycles. The third-order valence-corrected chi connectivity index (χ3v) is 5.33. The summed E-state index contributed by atoms with van der Waals surface area (Å²) in [5, 5.41) is 0. The van der Waals surface area contributed by atoms with Gasteiger partial charge in [-0.25, -0.2) is 13.1 Å². The minimum absolute atomic E-state index is 0.0292. The van der Waals surface area contributed by atoms with Gasteiger partial charge in [0.2, 0.25) is 15.9 Å². The third kappa shape index (κ3) is 5.99. The first-order chi connectivity index (χ1) is 11.9. The Morgan fingerprint density at radius 1 is 1.04 bits per heavy atom. The number of hydrogen-bond donors (Lipinski definition) is 1. The fourth-order valence-electron chi connectivity index (χ4n) is 2.60. The molecule has 0 fully saturated rings. The van der Waals surface area contributed by atoms with E-state index in [1.807, 2.05) is 61.5 Å². The first-order valence-corrected chi connectivity index (χ1v) is 9.89. The Bertz CT molecular complexity index is 804. The van der Waals surface area contributed by atoms with Crippen molar-refractivity contribution in [3.63, 3.8) is 0 Å². The zero-order valence-electron chi connectivity index (χ0n) is 14.6. The van der Waals surface area contributed by atoms with Gasteiger partial charge in [-0.1, -0.05) is 48.5 Å². The molecule has 25 heavy (non-hydrogen) atoms. The van der Waals surface area contributed by atoms with E-state index in [-0.39, 0.29) is 18.2 Å². The van der Waals surface area contributed by atoms with Gasteiger partial charge in [0.25, 0.3) is 0 Å². The molecule has 5 nitrogen and oxygen atoms in total. The first-order valence-electron chi connectivity index (χ1n) is 8.24. The fourth-order valence-corrected chi connectivity index (χ4v) is 3.65. The highest BCUT2D eigenvalue weighted by Gasteiger charge is 2.15. The zero-order chi connectivity index (χ0) is 18.3. The van der Waals surface area contributed by atoms with E-state index in [0.717, 1.165) is 16.8 Å². The van der Waals surface area contributed by atoms with Crippen LogP contribution in [0.4, 0.5) is 5.69 Å². The van der Waals surface area contributed by atoms with Crippen LogP contribution in [0.3, 0.4) is 0 Å². The van der Waals surface area contributed by atoms with E-state index in [1.54, 1.807) is 4.90 Å². The fraction of sp³-hybridized carbons (Fsp3) is 0.316. The number of sulfonamides is 1. The summed E-state index contributed by atoms with van der Waals surface area (Å²) in [7, 11) is -3.38. The van der Waals surface area contributed by atoms with Crippen LogP contribution in [0.25, 0.3) is 0 Å². The van der Waals surface area contributed by atoms with E-state index in [9.17, 15) is 13.2 Å². The van der Waals surface area contributed by atoms with Crippen molar-refractivity contribution in [2.24, 2.45) is 0 Å². The Morgan fingerprint density at radius 3 is 2.32 bits per heavy atom. The smallest absolute Gasteiger partial charge is 0.223 e. The number of nitrogens with zero attached hydrogens (tertiary/aromatic N) is 1. The molecule has 0 atom stereocenters. The van der Waals surface area contributed by atoms with Gasteiger partial charge < -0.3 is 4.90 Å². The Hall–Kier alpha value is -2.18. The molecule has 0 unspecified atom stereocenters. The van der Waals surface area contributed by atoms with Crippen LogP contribution in [0.5, 0.6) is 0 Å². The Labute approximate surface area is 149 Å². The van der Waals surface area contributed by atoms with Gasteiger partial charge in [0, 0.05) is 25.7 Å². The van der Waals surface area contributed by atoms with Crippen LogP contribution in [0, 0.1) is 6.92 Å². The number of carbonyl (C=O) groups is 1. The maximum Gasteiger partial charge on any atom is 0.223 e. The first kappa shape index (κ1) is 19.1. The summed E-state index contributed by atoms with van der Waals surface area (Å²) in [6.45, 7) is 3.89. The van der Waals surface area contributed by atoms with Gasteiger partial charge in [0.1, 0.15) is 0 Å². The van der Waals surface area contributed by atoms with Crippen molar-refractivity contribution in [2.75, 3.05) is 23.7 Å². The van der Waals surface area contributed by atoms with Crippen molar-refractivity contribution in [2.45, 2.75) is 20.3 Å². The van der Waals surface area contributed by atoms with Gasteiger partial charge in [0.15, 0.2) is 0 Å². The standard InChI is InChI=1S/C19H24N2O3S/c1-16-8-6-7-11-19(16)21(17(2)22)14-13-20-25(23,24)15-12-18-9-4-3-5-10-18/h3-11,20H,12-15H2,1-2H3. The van der Waals surface area contributed by atoms with Crippen LogP contribution in [0.1, 0.15) is 18.1 Å². The molecule has 0 aliphatic carbocycles. The van der Waals surface area contributed by atoms with Crippen LogP contribution >= 0.6 is 0 Å². The van der Waals surface area contributed by atoms with Gasteiger partial charge in [-0.05, 0) is 30.5 Å². The van der Waals surface area contributed by atoms with Crippen LogP contribution < -0.4 is 9.62 Å². The summed E-state index contributed by atoms with van der Waals surface area (Å²) in [6.07, 6.45) is 0.463. The van der Waals surface area contributed by atoms with Crippen LogP contribution in [-0.2, 0) is 21.2 Å². The zero-order valence-corrected chi connectivity index (χ0v) is 15.4. The lowest BCUT2D eigenvalue weighted by atomic mass is 10.2. The van der Waals surface area contributed by atoms with Crippen LogP contribution in [-0.4, -0.2) is 33.2 Å². The van der Waals surface area contributed by atoms with Gasteiger partial charge in [-0.15, -0.1) is 0 Å². The van der Waals surface area contributed by atoms with Gasteiger partial charge in [0.05, 0.1) is 5.75 Å². The molecule has 0 saturated carbocycles. The number of aryl methyl sites for hydroxylation is 2. The lowest BCUT2D eigenvalue weighted by molar-refractivity contribution is -0.116. The molecular weight excluding hydrogens is 336 g/mol. The largest absolute Gasteiger partial charge is 0.311 e. The molecule has 0 aliphatic rings. The second-order valence-electron chi connectivity index (χ2n) is 5.91. The highest BCUT2D eigenvalue weighted by Crippen LogP contribution is 2.19. The molecule has 0 aromatic heterocycles. The number of para-hydroxylation sites is 1. The third-order valence-electron chi connectivity index (χ3n) is 3.95. The van der Waals surface area contributed by atoms with E-state index < -0.39 is 10.0 Å².